The fraction of sp³-hybridized carbons (Fsp3) is 0.500. The molecule has 1 N–H and O–H groups in total. The largest absolute Gasteiger partial charge is 0.392 e. The number of β-amino-alcohol motifs (C(OH)–C–C–N with tert-alkyl or cyclic N) is 1. The van der Waals surface area contributed by atoms with Crippen molar-refractivity contribution in [3.63, 3.8) is 0 Å². The summed E-state index contributed by atoms with van der Waals surface area (Å²) in [5.41, 5.74) is 0. The molecular formula is C12H16BrNO3S. The van der Waals surface area contributed by atoms with Crippen molar-refractivity contribution in [1.29, 1.82) is 0 Å². The molecule has 100 valence electrons. The van der Waals surface area contributed by atoms with Crippen molar-refractivity contribution in [2.45, 2.75) is 17.4 Å². The van der Waals surface area contributed by atoms with E-state index in [2.05, 4.69) is 15.9 Å². The minimum absolute atomic E-state index is 0.0986. The molecule has 0 saturated carbocycles. The van der Waals surface area contributed by atoms with Crippen LogP contribution in [0.15, 0.2) is 33.6 Å². The van der Waals surface area contributed by atoms with Crippen molar-refractivity contribution in [2.75, 3.05) is 25.4 Å². The van der Waals surface area contributed by atoms with Crippen LogP contribution >= 0.6 is 15.9 Å². The Morgan fingerprint density at radius 3 is 2.56 bits per heavy atom. The second-order valence-electron chi connectivity index (χ2n) is 4.52. The van der Waals surface area contributed by atoms with Crippen LogP contribution in [0.25, 0.3) is 0 Å². The quantitative estimate of drug-likeness (QED) is 0.902. The van der Waals surface area contributed by atoms with Gasteiger partial charge in [-0.05, 0) is 30.7 Å². The Morgan fingerprint density at radius 2 is 2.00 bits per heavy atom. The van der Waals surface area contributed by atoms with Crippen LogP contribution in [0.3, 0.4) is 0 Å². The molecule has 1 heterocycles. The molecule has 1 fully saturated rings. The molecule has 2 rings (SSSR count). The van der Waals surface area contributed by atoms with E-state index in [1.54, 1.807) is 24.3 Å². The number of rotatable bonds is 4. The third kappa shape index (κ3) is 3.54. The first-order chi connectivity index (χ1) is 8.47. The predicted molar refractivity (Wildman–Crippen MR) is 73.3 cm³/mol. The summed E-state index contributed by atoms with van der Waals surface area (Å²) in [6.07, 6.45) is 0.429. The van der Waals surface area contributed by atoms with Crippen LogP contribution in [0.1, 0.15) is 6.42 Å². The highest BCUT2D eigenvalue weighted by Crippen LogP contribution is 2.17. The van der Waals surface area contributed by atoms with E-state index in [0.717, 1.165) is 17.4 Å². The first kappa shape index (κ1) is 14.0. The fourth-order valence-electron chi connectivity index (χ4n) is 2.02. The van der Waals surface area contributed by atoms with Gasteiger partial charge in [0, 0.05) is 24.1 Å². The van der Waals surface area contributed by atoms with Gasteiger partial charge >= 0.3 is 0 Å². The molecule has 0 aromatic heterocycles. The lowest BCUT2D eigenvalue weighted by atomic mass is 10.3. The van der Waals surface area contributed by atoms with Crippen LogP contribution in [0.5, 0.6) is 0 Å². The van der Waals surface area contributed by atoms with Gasteiger partial charge in [0.2, 0.25) is 0 Å². The van der Waals surface area contributed by atoms with Gasteiger partial charge in [-0.15, -0.1) is 0 Å². The molecule has 0 bridgehead atoms. The zero-order chi connectivity index (χ0) is 13.2. The molecule has 0 unspecified atom stereocenters. The molecule has 1 saturated heterocycles. The van der Waals surface area contributed by atoms with Gasteiger partial charge in [-0.25, -0.2) is 8.42 Å². The third-order valence-corrected chi connectivity index (χ3v) is 5.34. The minimum Gasteiger partial charge on any atom is -0.392 e. The van der Waals surface area contributed by atoms with Crippen LogP contribution in [-0.2, 0) is 9.84 Å². The van der Waals surface area contributed by atoms with Crippen molar-refractivity contribution in [3.8, 4) is 0 Å². The Balaban J connectivity index is 1.97. The lowest BCUT2D eigenvalue weighted by molar-refractivity contribution is 0.178. The van der Waals surface area contributed by atoms with Crippen LogP contribution in [-0.4, -0.2) is 49.9 Å². The Labute approximate surface area is 116 Å². The van der Waals surface area contributed by atoms with Crippen molar-refractivity contribution in [1.82, 2.24) is 4.90 Å². The molecule has 1 aromatic rings. The van der Waals surface area contributed by atoms with Gasteiger partial charge in [-0.2, -0.15) is 0 Å². The maximum atomic E-state index is 12.1. The number of sulfone groups is 1. The van der Waals surface area contributed by atoms with Gasteiger partial charge in [0.05, 0.1) is 16.8 Å². The van der Waals surface area contributed by atoms with Crippen LogP contribution in [0, 0.1) is 0 Å². The molecule has 4 nitrogen and oxygen atoms in total. The number of hydrogen-bond donors (Lipinski definition) is 1. The van der Waals surface area contributed by atoms with Crippen LogP contribution in [0.4, 0.5) is 0 Å². The molecule has 1 atom stereocenters. The van der Waals surface area contributed by atoms with Crippen LogP contribution in [0.2, 0.25) is 0 Å². The van der Waals surface area contributed by atoms with E-state index in [9.17, 15) is 13.5 Å². The number of likely N-dealkylation sites (tertiary alicyclic amines) is 1. The summed E-state index contributed by atoms with van der Waals surface area (Å²) in [7, 11) is -3.23. The van der Waals surface area contributed by atoms with E-state index in [1.165, 1.54) is 0 Å². The normalized spacial score (nSPS) is 21.3. The average Bonchev–Trinajstić information content (AvgIpc) is 2.73. The van der Waals surface area contributed by atoms with Crippen molar-refractivity contribution in [2.24, 2.45) is 0 Å². The van der Waals surface area contributed by atoms with E-state index in [0.29, 0.717) is 18.0 Å². The summed E-state index contributed by atoms with van der Waals surface area (Å²) in [6.45, 7) is 1.84. The topological polar surface area (TPSA) is 57.6 Å². The lowest BCUT2D eigenvalue weighted by Gasteiger charge is -2.14. The Bertz CT molecular complexity index is 501. The third-order valence-electron chi connectivity index (χ3n) is 3.10. The van der Waals surface area contributed by atoms with Gasteiger partial charge in [0.25, 0.3) is 0 Å². The van der Waals surface area contributed by atoms with Gasteiger partial charge in [0.15, 0.2) is 9.84 Å². The number of halogens is 1. The maximum absolute atomic E-state index is 12.1. The number of aliphatic hydroxyl groups excluding tert-OH is 1. The standard InChI is InChI=1S/C12H16BrNO3S/c13-10-1-3-12(4-2-10)18(16,17)8-7-14-6-5-11(15)9-14/h1-4,11,15H,5-9H2/t11-/m0/s1. The smallest absolute Gasteiger partial charge is 0.179 e. The first-order valence-corrected chi connectivity index (χ1v) is 8.31. The fourth-order valence-corrected chi connectivity index (χ4v) is 3.57. The molecule has 0 radical (unpaired) electrons. The molecule has 0 amide bonds. The molecule has 6 heteroatoms. The highest BCUT2D eigenvalue weighted by atomic mass is 79.9. The van der Waals surface area contributed by atoms with E-state index in [-0.39, 0.29) is 11.9 Å². The molecule has 1 aliphatic rings. The number of benzene rings is 1. The second kappa shape index (κ2) is 5.69. The predicted octanol–water partition coefficient (Wildman–Crippen LogP) is 1.29. The van der Waals surface area contributed by atoms with Gasteiger partial charge in [-0.3, -0.25) is 4.90 Å². The first-order valence-electron chi connectivity index (χ1n) is 5.86. The summed E-state index contributed by atoms with van der Waals surface area (Å²) < 4.78 is 25.0. The average molecular weight is 334 g/mol. The van der Waals surface area contributed by atoms with Crippen molar-refractivity contribution >= 4 is 25.8 Å². The van der Waals surface area contributed by atoms with Crippen LogP contribution < -0.4 is 0 Å². The van der Waals surface area contributed by atoms with Crippen molar-refractivity contribution in [3.05, 3.63) is 28.7 Å². The van der Waals surface area contributed by atoms with E-state index < -0.39 is 9.84 Å². The molecule has 18 heavy (non-hydrogen) atoms. The Morgan fingerprint density at radius 1 is 1.33 bits per heavy atom. The lowest BCUT2D eigenvalue weighted by Crippen LogP contribution is -2.28. The number of nitrogens with zero attached hydrogens (tertiary/aromatic N) is 1. The summed E-state index contributed by atoms with van der Waals surface area (Å²) in [5, 5.41) is 9.38. The monoisotopic (exact) mass is 333 g/mol. The molecule has 1 aliphatic heterocycles. The number of hydrogen-bond acceptors (Lipinski definition) is 4. The SMILES string of the molecule is O=S(=O)(CCN1CC[C@H](O)C1)c1ccc(Br)cc1. The Kier molecular flexibility index (Phi) is 4.42. The highest BCUT2D eigenvalue weighted by molar-refractivity contribution is 9.10. The van der Waals surface area contributed by atoms with Gasteiger partial charge in [-0.1, -0.05) is 15.9 Å². The molecular weight excluding hydrogens is 318 g/mol. The maximum Gasteiger partial charge on any atom is 0.179 e. The van der Waals surface area contributed by atoms with E-state index in [4.69, 9.17) is 0 Å². The molecule has 0 spiro atoms. The van der Waals surface area contributed by atoms with Gasteiger partial charge in [0.1, 0.15) is 0 Å². The summed E-state index contributed by atoms with van der Waals surface area (Å²) in [4.78, 5) is 2.34. The van der Waals surface area contributed by atoms with E-state index in [1.807, 2.05) is 4.90 Å². The zero-order valence-corrected chi connectivity index (χ0v) is 12.3. The summed E-state index contributed by atoms with van der Waals surface area (Å²) in [5.74, 6) is 0.0986. The Hall–Kier alpha value is -0.430. The summed E-state index contributed by atoms with van der Waals surface area (Å²) >= 11 is 3.28. The van der Waals surface area contributed by atoms with Crippen molar-refractivity contribution < 1.29 is 13.5 Å². The highest BCUT2D eigenvalue weighted by Gasteiger charge is 2.22. The van der Waals surface area contributed by atoms with E-state index >= 15 is 0 Å². The zero-order valence-electron chi connectivity index (χ0n) is 9.92. The molecule has 1 aromatic carbocycles. The number of aliphatic hydroxyl groups is 1. The second-order valence-corrected chi connectivity index (χ2v) is 7.54. The minimum atomic E-state index is -3.23. The molecule has 0 aliphatic carbocycles. The summed E-state index contributed by atoms with van der Waals surface area (Å²) in [6, 6.07) is 6.68. The van der Waals surface area contributed by atoms with Gasteiger partial charge < -0.3 is 5.11 Å².